The second-order valence-corrected chi connectivity index (χ2v) is 6.99. The van der Waals surface area contributed by atoms with Crippen molar-refractivity contribution < 1.29 is 0 Å². The van der Waals surface area contributed by atoms with Gasteiger partial charge in [0.25, 0.3) is 0 Å². The zero-order valence-electron chi connectivity index (χ0n) is 12.1. The lowest BCUT2D eigenvalue weighted by Crippen LogP contribution is -2.17. The summed E-state index contributed by atoms with van der Waals surface area (Å²) in [5.74, 6) is 1.44. The molecule has 0 amide bonds. The maximum Gasteiger partial charge on any atom is 0.0447 e. The quantitative estimate of drug-likeness (QED) is 0.716. The summed E-state index contributed by atoms with van der Waals surface area (Å²) in [7, 11) is 2.09. The Balaban J connectivity index is 1.61. The molecular weight excluding hydrogens is 274 g/mol. The summed E-state index contributed by atoms with van der Waals surface area (Å²) in [6.07, 6.45) is 1.30. The van der Waals surface area contributed by atoms with E-state index in [0.717, 1.165) is 5.92 Å². The fourth-order valence-electron chi connectivity index (χ4n) is 3.39. The summed E-state index contributed by atoms with van der Waals surface area (Å²) in [6.45, 7) is 0. The van der Waals surface area contributed by atoms with Crippen molar-refractivity contribution in [3.8, 4) is 0 Å². The first-order valence-electron chi connectivity index (χ1n) is 7.57. The molecule has 106 valence electrons. The number of hydrogen-bond donors (Lipinski definition) is 1. The highest BCUT2D eigenvalue weighted by Crippen LogP contribution is 2.55. The zero-order valence-corrected chi connectivity index (χ0v) is 12.9. The SMILES string of the molecule is CNC(c1cc2ccccc2s1)C1CC1c1ccccc1. The van der Waals surface area contributed by atoms with Gasteiger partial charge in [-0.2, -0.15) is 0 Å². The molecule has 2 aromatic carbocycles. The lowest BCUT2D eigenvalue weighted by Gasteiger charge is -2.14. The Labute approximate surface area is 129 Å². The lowest BCUT2D eigenvalue weighted by atomic mass is 10.0. The summed E-state index contributed by atoms with van der Waals surface area (Å²) in [5, 5.41) is 4.92. The molecule has 0 saturated heterocycles. The Hall–Kier alpha value is -1.64. The first-order chi connectivity index (χ1) is 10.4. The number of rotatable bonds is 4. The molecule has 1 heterocycles. The van der Waals surface area contributed by atoms with Crippen LogP contribution in [0.4, 0.5) is 0 Å². The molecule has 1 N–H and O–H groups in total. The minimum atomic E-state index is 0.479. The molecule has 3 atom stereocenters. The molecule has 2 heteroatoms. The van der Waals surface area contributed by atoms with E-state index in [0.29, 0.717) is 12.0 Å². The van der Waals surface area contributed by atoms with E-state index in [-0.39, 0.29) is 0 Å². The first kappa shape index (κ1) is 13.1. The van der Waals surface area contributed by atoms with E-state index in [1.165, 1.54) is 26.9 Å². The van der Waals surface area contributed by atoms with E-state index >= 15 is 0 Å². The van der Waals surface area contributed by atoms with Crippen LogP contribution in [0.2, 0.25) is 0 Å². The lowest BCUT2D eigenvalue weighted by molar-refractivity contribution is 0.526. The molecule has 3 aromatic rings. The van der Waals surface area contributed by atoms with Crippen LogP contribution in [-0.2, 0) is 0 Å². The minimum absolute atomic E-state index is 0.479. The van der Waals surface area contributed by atoms with E-state index in [2.05, 4.69) is 73.0 Å². The molecule has 4 rings (SSSR count). The Morgan fingerprint density at radius 1 is 1.05 bits per heavy atom. The summed E-state index contributed by atoms with van der Waals surface area (Å²) < 4.78 is 1.39. The second-order valence-electron chi connectivity index (χ2n) is 5.87. The zero-order chi connectivity index (χ0) is 14.2. The van der Waals surface area contributed by atoms with Gasteiger partial charge in [-0.3, -0.25) is 0 Å². The topological polar surface area (TPSA) is 12.0 Å². The van der Waals surface area contributed by atoms with Crippen LogP contribution in [0.3, 0.4) is 0 Å². The third-order valence-electron chi connectivity index (χ3n) is 4.56. The molecule has 1 nitrogen and oxygen atoms in total. The van der Waals surface area contributed by atoms with Gasteiger partial charge in [-0.25, -0.2) is 0 Å². The number of fused-ring (bicyclic) bond motifs is 1. The van der Waals surface area contributed by atoms with E-state index in [9.17, 15) is 0 Å². The molecule has 1 aliphatic rings. The summed E-state index contributed by atoms with van der Waals surface area (Å²) in [4.78, 5) is 1.47. The normalized spacial score (nSPS) is 22.3. The molecule has 0 spiro atoms. The van der Waals surface area contributed by atoms with Crippen LogP contribution in [0.25, 0.3) is 10.1 Å². The van der Waals surface area contributed by atoms with Crippen molar-refractivity contribution in [3.05, 3.63) is 71.1 Å². The van der Waals surface area contributed by atoms with Crippen LogP contribution in [0.15, 0.2) is 60.7 Å². The maximum absolute atomic E-state index is 3.55. The highest BCUT2D eigenvalue weighted by atomic mass is 32.1. The third kappa shape index (κ3) is 2.39. The smallest absolute Gasteiger partial charge is 0.0447 e. The first-order valence-corrected chi connectivity index (χ1v) is 8.39. The number of hydrogen-bond acceptors (Lipinski definition) is 2. The Morgan fingerprint density at radius 2 is 1.81 bits per heavy atom. The fourth-order valence-corrected chi connectivity index (χ4v) is 4.64. The second kappa shape index (κ2) is 5.28. The van der Waals surface area contributed by atoms with Crippen molar-refractivity contribution in [1.82, 2.24) is 5.32 Å². The van der Waals surface area contributed by atoms with Gasteiger partial charge in [0, 0.05) is 15.6 Å². The highest BCUT2D eigenvalue weighted by molar-refractivity contribution is 7.19. The molecule has 0 aliphatic heterocycles. The average Bonchev–Trinajstić information content (AvgIpc) is 3.20. The van der Waals surface area contributed by atoms with Gasteiger partial charge in [0.05, 0.1) is 0 Å². The molecule has 1 aliphatic carbocycles. The molecule has 3 unspecified atom stereocenters. The van der Waals surface area contributed by atoms with E-state index in [4.69, 9.17) is 0 Å². The van der Waals surface area contributed by atoms with E-state index < -0.39 is 0 Å². The van der Waals surface area contributed by atoms with Gasteiger partial charge >= 0.3 is 0 Å². The third-order valence-corrected chi connectivity index (χ3v) is 5.76. The molecule has 21 heavy (non-hydrogen) atoms. The minimum Gasteiger partial charge on any atom is -0.312 e. The molecule has 0 radical (unpaired) electrons. The van der Waals surface area contributed by atoms with Crippen LogP contribution in [0.1, 0.15) is 28.8 Å². The molecular formula is C19H19NS. The number of nitrogens with one attached hydrogen (secondary N) is 1. The van der Waals surface area contributed by atoms with Crippen LogP contribution in [0.5, 0.6) is 0 Å². The summed E-state index contributed by atoms with van der Waals surface area (Å²) in [5.41, 5.74) is 1.49. The highest BCUT2D eigenvalue weighted by Gasteiger charge is 2.44. The monoisotopic (exact) mass is 293 g/mol. The van der Waals surface area contributed by atoms with Crippen molar-refractivity contribution >= 4 is 21.4 Å². The van der Waals surface area contributed by atoms with Gasteiger partial charge < -0.3 is 5.32 Å². The van der Waals surface area contributed by atoms with Gasteiger partial charge in [-0.1, -0.05) is 48.5 Å². The van der Waals surface area contributed by atoms with Crippen molar-refractivity contribution in [2.75, 3.05) is 7.05 Å². The van der Waals surface area contributed by atoms with Crippen molar-refractivity contribution in [2.45, 2.75) is 18.4 Å². The standard InChI is InChI=1S/C19H19NS/c1-20-19(16-12-15(16)13-7-3-2-4-8-13)18-11-14-9-5-6-10-17(14)21-18/h2-11,15-16,19-20H,12H2,1H3. The van der Waals surface area contributed by atoms with Crippen LogP contribution in [0, 0.1) is 5.92 Å². The largest absolute Gasteiger partial charge is 0.312 e. The van der Waals surface area contributed by atoms with Crippen LogP contribution >= 0.6 is 11.3 Å². The molecule has 1 fully saturated rings. The summed E-state index contributed by atoms with van der Waals surface area (Å²) >= 11 is 1.93. The number of benzene rings is 2. The molecule has 0 bridgehead atoms. The van der Waals surface area contributed by atoms with Crippen LogP contribution in [-0.4, -0.2) is 7.05 Å². The number of thiophene rings is 1. The van der Waals surface area contributed by atoms with Gasteiger partial charge in [0.2, 0.25) is 0 Å². The molecule has 1 aromatic heterocycles. The summed E-state index contributed by atoms with van der Waals surface area (Å²) in [6, 6.07) is 22.5. The van der Waals surface area contributed by atoms with E-state index in [1.807, 2.05) is 11.3 Å². The van der Waals surface area contributed by atoms with Crippen molar-refractivity contribution in [3.63, 3.8) is 0 Å². The van der Waals surface area contributed by atoms with Gasteiger partial charge in [-0.15, -0.1) is 11.3 Å². The van der Waals surface area contributed by atoms with Crippen molar-refractivity contribution in [2.24, 2.45) is 5.92 Å². The van der Waals surface area contributed by atoms with Gasteiger partial charge in [0.1, 0.15) is 0 Å². The van der Waals surface area contributed by atoms with E-state index in [1.54, 1.807) is 0 Å². The van der Waals surface area contributed by atoms with Crippen LogP contribution < -0.4 is 5.32 Å². The fraction of sp³-hybridized carbons (Fsp3) is 0.263. The average molecular weight is 293 g/mol. The Kier molecular flexibility index (Phi) is 3.28. The van der Waals surface area contributed by atoms with Crippen molar-refractivity contribution in [1.29, 1.82) is 0 Å². The predicted molar refractivity (Wildman–Crippen MR) is 90.9 cm³/mol. The van der Waals surface area contributed by atoms with Gasteiger partial charge in [-0.05, 0) is 48.4 Å². The van der Waals surface area contributed by atoms with Gasteiger partial charge in [0.15, 0.2) is 0 Å². The Morgan fingerprint density at radius 3 is 2.57 bits per heavy atom. The predicted octanol–water partition coefficient (Wildman–Crippen LogP) is 4.97. The Bertz CT molecular complexity index is 713. The molecule has 1 saturated carbocycles. The maximum atomic E-state index is 3.55.